The molecule has 0 bridgehead atoms. The number of hydrogen-bond donors (Lipinski definition) is 1. The van der Waals surface area contributed by atoms with Crippen LogP contribution in [0.4, 0.5) is 13.2 Å². The van der Waals surface area contributed by atoms with Gasteiger partial charge in [0.1, 0.15) is 0 Å². The number of hydrogen-bond acceptors (Lipinski definition) is 1. The lowest BCUT2D eigenvalue weighted by atomic mass is 10.1. The first-order valence-electron chi connectivity index (χ1n) is 4.91. The van der Waals surface area contributed by atoms with E-state index in [2.05, 4.69) is 17.2 Å². The number of alkyl halides is 3. The lowest BCUT2D eigenvalue weighted by Crippen LogP contribution is -2.11. The summed E-state index contributed by atoms with van der Waals surface area (Å²) < 4.78 is 36.7. The van der Waals surface area contributed by atoms with Gasteiger partial charge in [-0.1, -0.05) is 18.8 Å². The van der Waals surface area contributed by atoms with E-state index in [1.165, 1.54) is 12.1 Å². The minimum Gasteiger partial charge on any atom is -0.306 e. The first kappa shape index (κ1) is 12.6. The molecule has 0 heterocycles. The fraction of sp³-hybridized carbons (Fsp3) is 0.333. The van der Waals surface area contributed by atoms with Crippen molar-refractivity contribution in [2.24, 2.45) is 0 Å². The molecule has 0 aromatic heterocycles. The highest BCUT2D eigenvalue weighted by atomic mass is 19.4. The Morgan fingerprint density at radius 1 is 1.19 bits per heavy atom. The van der Waals surface area contributed by atoms with Crippen molar-refractivity contribution in [1.29, 1.82) is 0 Å². The van der Waals surface area contributed by atoms with Gasteiger partial charge < -0.3 is 5.32 Å². The van der Waals surface area contributed by atoms with E-state index < -0.39 is 11.7 Å². The molecule has 16 heavy (non-hydrogen) atoms. The van der Waals surface area contributed by atoms with Crippen molar-refractivity contribution in [2.75, 3.05) is 13.1 Å². The Morgan fingerprint density at radius 2 is 1.81 bits per heavy atom. The Morgan fingerprint density at radius 3 is 2.31 bits per heavy atom. The molecule has 0 atom stereocenters. The number of halogens is 3. The highest BCUT2D eigenvalue weighted by Gasteiger charge is 2.29. The average molecular weight is 227 g/mol. The maximum atomic E-state index is 12.2. The molecule has 0 saturated heterocycles. The standard InChI is InChI=1S/C12H12F3N/c1-2-16-9-3-4-10-5-7-11(8-6-10)12(13,14)15/h5-8,16H,2,9H2,1H3. The van der Waals surface area contributed by atoms with Crippen LogP contribution in [-0.4, -0.2) is 13.1 Å². The first-order valence-corrected chi connectivity index (χ1v) is 4.91. The van der Waals surface area contributed by atoms with Crippen LogP contribution >= 0.6 is 0 Å². The monoisotopic (exact) mass is 227 g/mol. The zero-order valence-corrected chi connectivity index (χ0v) is 8.86. The lowest BCUT2D eigenvalue weighted by Gasteiger charge is -2.05. The molecule has 0 spiro atoms. The third-order valence-electron chi connectivity index (χ3n) is 1.91. The van der Waals surface area contributed by atoms with Gasteiger partial charge >= 0.3 is 6.18 Å². The van der Waals surface area contributed by atoms with E-state index >= 15 is 0 Å². The van der Waals surface area contributed by atoms with Crippen LogP contribution in [0, 0.1) is 11.8 Å². The largest absolute Gasteiger partial charge is 0.416 e. The van der Waals surface area contributed by atoms with E-state index in [1.54, 1.807) is 0 Å². The minimum atomic E-state index is -4.28. The second-order valence-corrected chi connectivity index (χ2v) is 3.16. The molecule has 0 aliphatic heterocycles. The molecule has 1 N–H and O–H groups in total. The zero-order valence-electron chi connectivity index (χ0n) is 8.86. The van der Waals surface area contributed by atoms with Crippen LogP contribution in [0.3, 0.4) is 0 Å². The van der Waals surface area contributed by atoms with Crippen molar-refractivity contribution in [2.45, 2.75) is 13.1 Å². The minimum absolute atomic E-state index is 0.539. The molecule has 86 valence electrons. The summed E-state index contributed by atoms with van der Waals surface area (Å²) in [6.07, 6.45) is -4.28. The molecule has 1 aromatic rings. The predicted octanol–water partition coefficient (Wildman–Crippen LogP) is 2.67. The summed E-state index contributed by atoms with van der Waals surface area (Å²) in [5.74, 6) is 5.60. The molecular formula is C12H12F3N. The van der Waals surface area contributed by atoms with Crippen LogP contribution in [0.5, 0.6) is 0 Å². The molecule has 1 rings (SSSR count). The SMILES string of the molecule is CCNCC#Cc1ccc(C(F)(F)F)cc1. The molecule has 1 nitrogen and oxygen atoms in total. The van der Waals surface area contributed by atoms with Crippen LogP contribution < -0.4 is 5.32 Å². The van der Waals surface area contributed by atoms with E-state index in [1.807, 2.05) is 6.92 Å². The van der Waals surface area contributed by atoms with Crippen molar-refractivity contribution in [1.82, 2.24) is 5.32 Å². The van der Waals surface area contributed by atoms with Gasteiger partial charge in [-0.05, 0) is 30.8 Å². The fourth-order valence-electron chi connectivity index (χ4n) is 1.08. The normalized spacial score (nSPS) is 10.8. The van der Waals surface area contributed by atoms with Gasteiger partial charge in [-0.15, -0.1) is 0 Å². The average Bonchev–Trinajstić information content (AvgIpc) is 2.24. The summed E-state index contributed by atoms with van der Waals surface area (Å²) in [4.78, 5) is 0. The van der Waals surface area contributed by atoms with Crippen LogP contribution in [0.25, 0.3) is 0 Å². The van der Waals surface area contributed by atoms with Gasteiger partial charge in [0.25, 0.3) is 0 Å². The van der Waals surface area contributed by atoms with Gasteiger partial charge in [-0.3, -0.25) is 0 Å². The second kappa shape index (κ2) is 5.57. The van der Waals surface area contributed by atoms with Crippen LogP contribution in [0.15, 0.2) is 24.3 Å². The van der Waals surface area contributed by atoms with Crippen LogP contribution in [-0.2, 0) is 6.18 Å². The third kappa shape index (κ3) is 3.95. The van der Waals surface area contributed by atoms with Gasteiger partial charge in [-0.2, -0.15) is 13.2 Å². The van der Waals surface area contributed by atoms with Crippen molar-refractivity contribution in [3.63, 3.8) is 0 Å². The van der Waals surface area contributed by atoms with Crippen molar-refractivity contribution in [3.05, 3.63) is 35.4 Å². The molecule has 0 radical (unpaired) electrons. The molecule has 4 heteroatoms. The van der Waals surface area contributed by atoms with Crippen LogP contribution in [0.2, 0.25) is 0 Å². The smallest absolute Gasteiger partial charge is 0.306 e. The van der Waals surface area contributed by atoms with E-state index in [4.69, 9.17) is 0 Å². The molecule has 0 amide bonds. The Kier molecular flexibility index (Phi) is 4.39. The van der Waals surface area contributed by atoms with Gasteiger partial charge in [0.05, 0.1) is 12.1 Å². The number of benzene rings is 1. The lowest BCUT2D eigenvalue weighted by molar-refractivity contribution is -0.137. The fourth-order valence-corrected chi connectivity index (χ4v) is 1.08. The first-order chi connectivity index (χ1) is 7.54. The second-order valence-electron chi connectivity index (χ2n) is 3.16. The molecule has 0 unspecified atom stereocenters. The van der Waals surface area contributed by atoms with Crippen LogP contribution in [0.1, 0.15) is 18.1 Å². The third-order valence-corrected chi connectivity index (χ3v) is 1.91. The number of nitrogens with one attached hydrogen (secondary N) is 1. The molecule has 0 aliphatic rings. The maximum Gasteiger partial charge on any atom is 0.416 e. The summed E-state index contributed by atoms with van der Waals surface area (Å²) in [6, 6.07) is 4.83. The van der Waals surface area contributed by atoms with Crippen molar-refractivity contribution >= 4 is 0 Å². The van der Waals surface area contributed by atoms with Gasteiger partial charge in [0.2, 0.25) is 0 Å². The highest BCUT2D eigenvalue weighted by Crippen LogP contribution is 2.28. The Balaban J connectivity index is 2.67. The topological polar surface area (TPSA) is 12.0 Å². The molecule has 0 fully saturated rings. The molecule has 0 aliphatic carbocycles. The Bertz CT molecular complexity index is 381. The van der Waals surface area contributed by atoms with Gasteiger partial charge in [0, 0.05) is 5.56 Å². The summed E-state index contributed by atoms with van der Waals surface area (Å²) in [5, 5.41) is 3.00. The predicted molar refractivity (Wildman–Crippen MR) is 56.9 cm³/mol. The van der Waals surface area contributed by atoms with E-state index in [9.17, 15) is 13.2 Å². The Labute approximate surface area is 92.7 Å². The van der Waals surface area contributed by atoms with Crippen molar-refractivity contribution in [3.8, 4) is 11.8 Å². The summed E-state index contributed by atoms with van der Waals surface area (Å²) >= 11 is 0. The molecule has 1 aromatic carbocycles. The quantitative estimate of drug-likeness (QED) is 0.605. The molecular weight excluding hydrogens is 215 g/mol. The van der Waals surface area contributed by atoms with Gasteiger partial charge in [-0.25, -0.2) is 0 Å². The number of rotatable bonds is 2. The van der Waals surface area contributed by atoms with Gasteiger partial charge in [0.15, 0.2) is 0 Å². The Hall–Kier alpha value is -1.47. The van der Waals surface area contributed by atoms with E-state index in [0.717, 1.165) is 18.7 Å². The molecule has 0 saturated carbocycles. The highest BCUT2D eigenvalue weighted by molar-refractivity contribution is 5.37. The summed E-state index contributed by atoms with van der Waals surface area (Å²) in [6.45, 7) is 3.32. The summed E-state index contributed by atoms with van der Waals surface area (Å²) in [5.41, 5.74) is -0.0596. The maximum absolute atomic E-state index is 12.2. The summed E-state index contributed by atoms with van der Waals surface area (Å²) in [7, 11) is 0. The zero-order chi connectivity index (χ0) is 12.0. The van der Waals surface area contributed by atoms with E-state index in [-0.39, 0.29) is 0 Å². The van der Waals surface area contributed by atoms with Crippen molar-refractivity contribution < 1.29 is 13.2 Å². The van der Waals surface area contributed by atoms with E-state index in [0.29, 0.717) is 12.1 Å².